The first kappa shape index (κ1) is 18.3. The first-order valence-electron chi connectivity index (χ1n) is 7.84. The van der Waals surface area contributed by atoms with Gasteiger partial charge in [-0.25, -0.2) is 4.99 Å². The quantitative estimate of drug-likeness (QED) is 0.389. The SMILES string of the molecule is CCC(CC)CC(N=C(N)N)C1(NC(C)=O)CC(C(=O)O)C1. The first-order valence-corrected chi connectivity index (χ1v) is 7.84. The number of carboxylic acid groups (broad SMARTS) is 1. The van der Waals surface area contributed by atoms with Crippen molar-refractivity contribution in [1.82, 2.24) is 5.32 Å². The van der Waals surface area contributed by atoms with Gasteiger partial charge in [0.15, 0.2) is 5.96 Å². The third-order valence-electron chi connectivity index (χ3n) is 4.65. The summed E-state index contributed by atoms with van der Waals surface area (Å²) in [7, 11) is 0. The lowest BCUT2D eigenvalue weighted by atomic mass is 9.62. The molecule has 0 aliphatic heterocycles. The molecule has 6 N–H and O–H groups in total. The molecule has 1 unspecified atom stereocenters. The topological polar surface area (TPSA) is 131 Å². The average molecular weight is 312 g/mol. The highest BCUT2D eigenvalue weighted by Gasteiger charge is 2.53. The van der Waals surface area contributed by atoms with Crippen molar-refractivity contribution in [1.29, 1.82) is 0 Å². The minimum absolute atomic E-state index is 0.0283. The molecule has 1 atom stereocenters. The largest absolute Gasteiger partial charge is 0.481 e. The number of guanidine groups is 1. The van der Waals surface area contributed by atoms with E-state index in [4.69, 9.17) is 16.6 Å². The molecule has 0 radical (unpaired) electrons. The van der Waals surface area contributed by atoms with Crippen LogP contribution in [0.15, 0.2) is 4.99 Å². The van der Waals surface area contributed by atoms with Gasteiger partial charge in [-0.05, 0) is 25.2 Å². The van der Waals surface area contributed by atoms with Crippen LogP contribution in [-0.4, -0.2) is 34.5 Å². The van der Waals surface area contributed by atoms with Crippen LogP contribution in [0.3, 0.4) is 0 Å². The fourth-order valence-electron chi connectivity index (χ4n) is 3.32. The highest BCUT2D eigenvalue weighted by Crippen LogP contribution is 2.44. The van der Waals surface area contributed by atoms with Gasteiger partial charge in [-0.15, -0.1) is 0 Å². The van der Waals surface area contributed by atoms with Crippen molar-refractivity contribution in [3.05, 3.63) is 0 Å². The van der Waals surface area contributed by atoms with Crippen LogP contribution in [0, 0.1) is 11.8 Å². The van der Waals surface area contributed by atoms with E-state index in [1.54, 1.807) is 0 Å². The number of carbonyl (C=O) groups excluding carboxylic acids is 1. The summed E-state index contributed by atoms with van der Waals surface area (Å²) < 4.78 is 0. The summed E-state index contributed by atoms with van der Waals surface area (Å²) in [5.41, 5.74) is 10.5. The van der Waals surface area contributed by atoms with Gasteiger partial charge in [-0.2, -0.15) is 0 Å². The van der Waals surface area contributed by atoms with Gasteiger partial charge >= 0.3 is 5.97 Å². The van der Waals surface area contributed by atoms with Gasteiger partial charge < -0.3 is 21.9 Å². The van der Waals surface area contributed by atoms with Gasteiger partial charge in [-0.1, -0.05) is 26.7 Å². The van der Waals surface area contributed by atoms with Crippen LogP contribution in [0.4, 0.5) is 0 Å². The summed E-state index contributed by atoms with van der Waals surface area (Å²) >= 11 is 0. The van der Waals surface area contributed by atoms with Crippen LogP contribution in [0.2, 0.25) is 0 Å². The Hall–Kier alpha value is -1.79. The number of aliphatic carboxylic acids is 1. The second-order valence-electron chi connectivity index (χ2n) is 6.27. The zero-order chi connectivity index (χ0) is 16.9. The van der Waals surface area contributed by atoms with Crippen LogP contribution in [0.1, 0.15) is 52.9 Å². The molecule has 7 nitrogen and oxygen atoms in total. The van der Waals surface area contributed by atoms with Crippen molar-refractivity contribution >= 4 is 17.8 Å². The van der Waals surface area contributed by atoms with E-state index < -0.39 is 17.4 Å². The van der Waals surface area contributed by atoms with Crippen LogP contribution < -0.4 is 16.8 Å². The van der Waals surface area contributed by atoms with Crippen LogP contribution >= 0.6 is 0 Å². The predicted octanol–water partition coefficient (Wildman–Crippen LogP) is 0.824. The van der Waals surface area contributed by atoms with E-state index in [0.717, 1.165) is 19.3 Å². The zero-order valence-electron chi connectivity index (χ0n) is 13.6. The minimum atomic E-state index is -0.841. The number of rotatable bonds is 8. The Balaban J connectivity index is 3.02. The maximum atomic E-state index is 11.6. The van der Waals surface area contributed by atoms with Gasteiger partial charge in [0.05, 0.1) is 17.5 Å². The Labute approximate surface area is 131 Å². The van der Waals surface area contributed by atoms with Crippen molar-refractivity contribution < 1.29 is 14.7 Å². The number of hydrogen-bond donors (Lipinski definition) is 4. The van der Waals surface area contributed by atoms with E-state index in [-0.39, 0.29) is 17.9 Å². The molecular weight excluding hydrogens is 284 g/mol. The predicted molar refractivity (Wildman–Crippen MR) is 85.2 cm³/mol. The molecule has 0 aromatic rings. The number of carbonyl (C=O) groups is 2. The van der Waals surface area contributed by atoms with Crippen LogP contribution in [0.5, 0.6) is 0 Å². The molecule has 1 aliphatic carbocycles. The molecule has 0 heterocycles. The smallest absolute Gasteiger partial charge is 0.306 e. The fraction of sp³-hybridized carbons (Fsp3) is 0.800. The van der Waals surface area contributed by atoms with Gasteiger partial charge in [0, 0.05) is 6.92 Å². The Morgan fingerprint density at radius 2 is 1.86 bits per heavy atom. The molecule has 1 aliphatic rings. The van der Waals surface area contributed by atoms with Crippen LogP contribution in [0.25, 0.3) is 0 Å². The number of carboxylic acids is 1. The first-order chi connectivity index (χ1) is 10.2. The summed E-state index contributed by atoms with van der Waals surface area (Å²) in [5, 5.41) is 12.1. The van der Waals surface area contributed by atoms with Crippen molar-refractivity contribution in [3.63, 3.8) is 0 Å². The Morgan fingerprint density at radius 3 is 2.23 bits per heavy atom. The molecule has 1 rings (SSSR count). The number of hydrogen-bond acceptors (Lipinski definition) is 3. The summed E-state index contributed by atoms with van der Waals surface area (Å²) in [5.74, 6) is -1.08. The van der Waals surface area contributed by atoms with E-state index in [9.17, 15) is 9.59 Å². The number of nitrogens with one attached hydrogen (secondary N) is 1. The fourth-order valence-corrected chi connectivity index (χ4v) is 3.32. The molecule has 22 heavy (non-hydrogen) atoms. The summed E-state index contributed by atoms with van der Waals surface area (Å²) in [6.45, 7) is 5.64. The van der Waals surface area contributed by atoms with Crippen LogP contribution in [-0.2, 0) is 9.59 Å². The third kappa shape index (κ3) is 4.35. The average Bonchev–Trinajstić information content (AvgIpc) is 2.37. The van der Waals surface area contributed by atoms with E-state index in [0.29, 0.717) is 18.8 Å². The summed E-state index contributed by atoms with van der Waals surface area (Å²) in [6.07, 6.45) is 3.45. The Morgan fingerprint density at radius 1 is 1.32 bits per heavy atom. The number of aliphatic imine (C=N–C) groups is 1. The van der Waals surface area contributed by atoms with Crippen molar-refractivity contribution in [2.24, 2.45) is 28.3 Å². The molecule has 0 spiro atoms. The minimum Gasteiger partial charge on any atom is -0.481 e. The normalized spacial score (nSPS) is 25.2. The number of amides is 1. The molecule has 0 aromatic carbocycles. The monoisotopic (exact) mass is 312 g/mol. The lowest BCUT2D eigenvalue weighted by Gasteiger charge is -2.50. The number of nitrogens with zero attached hydrogens (tertiary/aromatic N) is 1. The molecule has 1 saturated carbocycles. The Bertz CT molecular complexity index is 436. The van der Waals surface area contributed by atoms with E-state index in [1.165, 1.54) is 6.92 Å². The highest BCUT2D eigenvalue weighted by atomic mass is 16.4. The van der Waals surface area contributed by atoms with E-state index in [1.807, 2.05) is 0 Å². The van der Waals surface area contributed by atoms with E-state index >= 15 is 0 Å². The molecule has 1 amide bonds. The molecule has 0 bridgehead atoms. The summed E-state index contributed by atoms with van der Waals surface area (Å²) in [6, 6.07) is -0.290. The third-order valence-corrected chi connectivity index (χ3v) is 4.65. The molecule has 7 heteroatoms. The van der Waals surface area contributed by atoms with Crippen molar-refractivity contribution in [2.75, 3.05) is 0 Å². The second-order valence-corrected chi connectivity index (χ2v) is 6.27. The van der Waals surface area contributed by atoms with Gasteiger partial charge in [0.1, 0.15) is 0 Å². The van der Waals surface area contributed by atoms with E-state index in [2.05, 4.69) is 24.2 Å². The maximum Gasteiger partial charge on any atom is 0.306 e. The van der Waals surface area contributed by atoms with Crippen molar-refractivity contribution in [3.8, 4) is 0 Å². The molecule has 0 saturated heterocycles. The second kappa shape index (κ2) is 7.47. The van der Waals surface area contributed by atoms with Gasteiger partial charge in [-0.3, -0.25) is 9.59 Å². The molecule has 0 aromatic heterocycles. The maximum absolute atomic E-state index is 11.6. The number of nitrogens with two attached hydrogens (primary N) is 2. The standard InChI is InChI=1S/C15H28N4O3/c1-4-10(5-2)6-12(18-14(16)17)15(19-9(3)20)7-11(8-15)13(21)22/h10-12H,4-8H2,1-3H3,(H,19,20)(H,21,22)(H4,16,17,18). The highest BCUT2D eigenvalue weighted by molar-refractivity contribution is 5.78. The lowest BCUT2D eigenvalue weighted by Crippen LogP contribution is -2.65. The van der Waals surface area contributed by atoms with Gasteiger partial charge in [0.25, 0.3) is 0 Å². The van der Waals surface area contributed by atoms with Crippen molar-refractivity contribution in [2.45, 2.75) is 64.5 Å². The molecule has 1 fully saturated rings. The molecule has 126 valence electrons. The molecular formula is C15H28N4O3. The lowest BCUT2D eigenvalue weighted by molar-refractivity contribution is -0.150. The zero-order valence-corrected chi connectivity index (χ0v) is 13.6. The van der Waals surface area contributed by atoms with Gasteiger partial charge in [0.2, 0.25) is 5.91 Å². The Kier molecular flexibility index (Phi) is 6.20. The summed E-state index contributed by atoms with van der Waals surface area (Å²) in [4.78, 5) is 27.0.